The van der Waals surface area contributed by atoms with Gasteiger partial charge in [0.1, 0.15) is 11.7 Å². The number of hydrogen-bond acceptors (Lipinski definition) is 5. The molecule has 31 heavy (non-hydrogen) atoms. The highest BCUT2D eigenvalue weighted by Crippen LogP contribution is 2.27. The highest BCUT2D eigenvalue weighted by molar-refractivity contribution is 6.01. The van der Waals surface area contributed by atoms with Crippen molar-refractivity contribution in [3.63, 3.8) is 0 Å². The molecule has 0 saturated heterocycles. The van der Waals surface area contributed by atoms with E-state index in [9.17, 15) is 9.18 Å². The molecule has 1 aliphatic rings. The summed E-state index contributed by atoms with van der Waals surface area (Å²) in [6.45, 7) is 5.28. The van der Waals surface area contributed by atoms with Crippen LogP contribution in [0.3, 0.4) is 0 Å². The van der Waals surface area contributed by atoms with Crippen LogP contribution in [0.4, 0.5) is 4.39 Å². The largest absolute Gasteiger partial charge is 0.335 e. The summed E-state index contributed by atoms with van der Waals surface area (Å²) in [6.07, 6.45) is 3.28. The SMILES string of the molecule is CC/C(=N/N)NN.CCN1Cc2cc3cc(Cc4ccc(F)cc4)cnc3cc2C1=O. The molecule has 0 radical (unpaired) electrons. The third-order valence-corrected chi connectivity index (χ3v) is 5.20. The Labute approximate surface area is 180 Å². The van der Waals surface area contributed by atoms with Crippen LogP contribution in [0.25, 0.3) is 10.9 Å². The Morgan fingerprint density at radius 2 is 1.94 bits per heavy atom. The first-order valence-corrected chi connectivity index (χ1v) is 10.2. The molecule has 5 N–H and O–H groups in total. The van der Waals surface area contributed by atoms with Crippen molar-refractivity contribution in [1.29, 1.82) is 0 Å². The third kappa shape index (κ3) is 5.16. The predicted octanol–water partition coefficient (Wildman–Crippen LogP) is 3.07. The Morgan fingerprint density at radius 3 is 2.52 bits per heavy atom. The summed E-state index contributed by atoms with van der Waals surface area (Å²) in [6, 6.07) is 12.6. The number of fused-ring (bicyclic) bond motifs is 2. The molecule has 1 aliphatic heterocycles. The van der Waals surface area contributed by atoms with Crippen LogP contribution in [-0.4, -0.2) is 28.2 Å². The number of nitrogens with two attached hydrogens (primary N) is 2. The summed E-state index contributed by atoms with van der Waals surface area (Å²) < 4.78 is 13.0. The van der Waals surface area contributed by atoms with Crippen molar-refractivity contribution >= 4 is 22.6 Å². The zero-order valence-corrected chi connectivity index (χ0v) is 17.7. The van der Waals surface area contributed by atoms with E-state index in [0.29, 0.717) is 25.3 Å². The fraction of sp³-hybridized carbons (Fsp3) is 0.261. The Kier molecular flexibility index (Phi) is 7.15. The van der Waals surface area contributed by atoms with E-state index in [1.807, 2.05) is 31.0 Å². The minimum absolute atomic E-state index is 0.0894. The van der Waals surface area contributed by atoms with Gasteiger partial charge in [-0.1, -0.05) is 19.1 Å². The van der Waals surface area contributed by atoms with E-state index >= 15 is 0 Å². The number of rotatable bonds is 4. The molecule has 4 rings (SSSR count). The fourth-order valence-electron chi connectivity index (χ4n) is 3.47. The molecule has 7 nitrogen and oxygen atoms in total. The minimum Gasteiger partial charge on any atom is -0.335 e. The van der Waals surface area contributed by atoms with E-state index in [0.717, 1.165) is 39.6 Å². The maximum atomic E-state index is 13.0. The molecule has 0 atom stereocenters. The number of hydrazine groups is 1. The van der Waals surface area contributed by atoms with Gasteiger partial charge in [-0.25, -0.2) is 10.2 Å². The van der Waals surface area contributed by atoms with Crippen LogP contribution in [0.15, 0.2) is 53.8 Å². The second kappa shape index (κ2) is 9.99. The zero-order chi connectivity index (χ0) is 22.4. The third-order valence-electron chi connectivity index (χ3n) is 5.20. The summed E-state index contributed by atoms with van der Waals surface area (Å²) >= 11 is 0. The number of halogens is 1. The van der Waals surface area contributed by atoms with Crippen LogP contribution in [0.5, 0.6) is 0 Å². The first kappa shape index (κ1) is 22.2. The predicted molar refractivity (Wildman–Crippen MR) is 121 cm³/mol. The van der Waals surface area contributed by atoms with E-state index in [2.05, 4.69) is 27.6 Å². The van der Waals surface area contributed by atoms with Gasteiger partial charge in [0, 0.05) is 36.7 Å². The van der Waals surface area contributed by atoms with E-state index in [1.165, 1.54) is 12.1 Å². The molecule has 2 aromatic carbocycles. The average Bonchev–Trinajstić information content (AvgIpc) is 3.10. The Hall–Kier alpha value is -3.52. The number of amidine groups is 1. The smallest absolute Gasteiger partial charge is 0.254 e. The summed E-state index contributed by atoms with van der Waals surface area (Å²) in [5, 5.41) is 4.35. The summed E-state index contributed by atoms with van der Waals surface area (Å²) in [4.78, 5) is 18.6. The van der Waals surface area contributed by atoms with E-state index < -0.39 is 0 Å². The van der Waals surface area contributed by atoms with Gasteiger partial charge in [-0.2, -0.15) is 5.10 Å². The average molecular weight is 423 g/mol. The topological polar surface area (TPSA) is 110 Å². The van der Waals surface area contributed by atoms with Crippen molar-refractivity contribution in [2.24, 2.45) is 16.8 Å². The number of aromatic nitrogens is 1. The molecular weight excluding hydrogens is 395 g/mol. The maximum Gasteiger partial charge on any atom is 0.254 e. The summed E-state index contributed by atoms with van der Waals surface area (Å²) in [5.41, 5.74) is 7.12. The molecule has 162 valence electrons. The lowest BCUT2D eigenvalue weighted by Gasteiger charge is -2.10. The van der Waals surface area contributed by atoms with Gasteiger partial charge in [-0.3, -0.25) is 9.78 Å². The molecule has 0 saturated carbocycles. The van der Waals surface area contributed by atoms with Crippen LogP contribution < -0.4 is 17.1 Å². The van der Waals surface area contributed by atoms with Crippen molar-refractivity contribution in [2.75, 3.05) is 6.54 Å². The van der Waals surface area contributed by atoms with Gasteiger partial charge in [0.2, 0.25) is 0 Å². The molecule has 3 aromatic rings. The van der Waals surface area contributed by atoms with Crippen molar-refractivity contribution in [2.45, 2.75) is 33.2 Å². The number of hydrazone groups is 1. The van der Waals surface area contributed by atoms with E-state index in [1.54, 1.807) is 12.1 Å². The molecule has 2 heterocycles. The highest BCUT2D eigenvalue weighted by Gasteiger charge is 2.26. The van der Waals surface area contributed by atoms with Crippen LogP contribution in [0, 0.1) is 5.82 Å². The Balaban J connectivity index is 0.000000339. The Morgan fingerprint density at radius 1 is 1.19 bits per heavy atom. The second-order valence-corrected chi connectivity index (χ2v) is 7.24. The van der Waals surface area contributed by atoms with Crippen LogP contribution in [-0.2, 0) is 13.0 Å². The standard InChI is InChI=1S/C20H17FN2O.C3H10N4/c1-2-23-12-16-9-15-8-14(7-13-3-5-17(21)6-4-13)11-22-19(15)10-18(16)20(23)24;1-2-3(6-4)7-5/h3-6,8-11H,2,7,12H2,1H3;2,4-5H2,1H3,(H,6,7). The van der Waals surface area contributed by atoms with Gasteiger partial charge < -0.3 is 16.2 Å². The quantitative estimate of drug-likeness (QED) is 0.259. The normalized spacial score (nSPS) is 13.1. The highest BCUT2D eigenvalue weighted by atomic mass is 19.1. The molecule has 1 aromatic heterocycles. The van der Waals surface area contributed by atoms with Gasteiger partial charge >= 0.3 is 0 Å². The summed E-state index contributed by atoms with van der Waals surface area (Å²) in [7, 11) is 0. The molecule has 1 amide bonds. The number of hydrogen-bond donors (Lipinski definition) is 3. The monoisotopic (exact) mass is 422 g/mol. The van der Waals surface area contributed by atoms with Crippen molar-refractivity contribution in [3.05, 3.63) is 76.7 Å². The number of benzene rings is 2. The molecule has 0 spiro atoms. The maximum absolute atomic E-state index is 13.0. The number of carbonyl (C=O) groups excluding carboxylic acids is 1. The zero-order valence-electron chi connectivity index (χ0n) is 17.7. The number of carbonyl (C=O) groups is 1. The molecule has 0 unspecified atom stereocenters. The number of nitrogens with one attached hydrogen (secondary N) is 1. The van der Waals surface area contributed by atoms with E-state index in [-0.39, 0.29) is 11.7 Å². The minimum atomic E-state index is -0.226. The number of amides is 1. The van der Waals surface area contributed by atoms with Gasteiger partial charge in [0.05, 0.1) is 5.52 Å². The molecule has 0 bridgehead atoms. The number of nitrogens with zero attached hydrogens (tertiary/aromatic N) is 3. The molecule has 8 heteroatoms. The lowest BCUT2D eigenvalue weighted by molar-refractivity contribution is 0.0787. The molecule has 0 fully saturated rings. The second-order valence-electron chi connectivity index (χ2n) is 7.24. The lowest BCUT2D eigenvalue weighted by Crippen LogP contribution is -2.30. The number of pyridine rings is 1. The molecular formula is C23H27FN6O. The lowest BCUT2D eigenvalue weighted by atomic mass is 10.0. The van der Waals surface area contributed by atoms with Gasteiger partial charge in [0.25, 0.3) is 5.91 Å². The first-order chi connectivity index (χ1) is 15.0. The van der Waals surface area contributed by atoms with Crippen LogP contribution >= 0.6 is 0 Å². The van der Waals surface area contributed by atoms with Crippen molar-refractivity contribution < 1.29 is 9.18 Å². The van der Waals surface area contributed by atoms with Crippen LogP contribution in [0.2, 0.25) is 0 Å². The van der Waals surface area contributed by atoms with Crippen molar-refractivity contribution in [3.8, 4) is 0 Å². The fourth-order valence-corrected chi connectivity index (χ4v) is 3.47. The van der Waals surface area contributed by atoms with Gasteiger partial charge in [0.15, 0.2) is 0 Å². The van der Waals surface area contributed by atoms with E-state index in [4.69, 9.17) is 11.7 Å². The van der Waals surface area contributed by atoms with Gasteiger partial charge in [-0.15, -0.1) is 0 Å². The summed E-state index contributed by atoms with van der Waals surface area (Å²) in [5.74, 6) is 10.2. The Bertz CT molecular complexity index is 1090. The van der Waals surface area contributed by atoms with Crippen LogP contribution in [0.1, 0.15) is 47.3 Å². The first-order valence-electron chi connectivity index (χ1n) is 10.2. The van der Waals surface area contributed by atoms with Crippen molar-refractivity contribution in [1.82, 2.24) is 15.3 Å². The molecule has 0 aliphatic carbocycles. The van der Waals surface area contributed by atoms with Gasteiger partial charge in [-0.05, 0) is 60.4 Å².